The Morgan fingerprint density at radius 3 is 2.57 bits per heavy atom. The van der Waals surface area contributed by atoms with Crippen LogP contribution in [0.25, 0.3) is 0 Å². The summed E-state index contributed by atoms with van der Waals surface area (Å²) in [6.07, 6.45) is 3.81. The van der Waals surface area contributed by atoms with E-state index in [1.807, 2.05) is 0 Å². The summed E-state index contributed by atoms with van der Waals surface area (Å²) in [5.74, 6) is -0.736. The monoisotopic (exact) mass is 410 g/mol. The lowest BCUT2D eigenvalue weighted by molar-refractivity contribution is -0.136. The highest BCUT2D eigenvalue weighted by Crippen LogP contribution is 2.41. The Balaban J connectivity index is 1.90. The predicted molar refractivity (Wildman–Crippen MR) is 106 cm³/mol. The van der Waals surface area contributed by atoms with Crippen LogP contribution in [0.3, 0.4) is 0 Å². The molecule has 1 aromatic rings. The Morgan fingerprint density at radius 2 is 1.93 bits per heavy atom. The predicted octanol–water partition coefficient (Wildman–Crippen LogP) is 2.21. The molecule has 3 rings (SSSR count). The summed E-state index contributed by atoms with van der Waals surface area (Å²) in [7, 11) is -2.33. The van der Waals surface area contributed by atoms with E-state index in [4.69, 9.17) is 9.84 Å². The summed E-state index contributed by atoms with van der Waals surface area (Å²) in [6, 6.07) is 4.59. The Hall–Kier alpha value is -1.64. The second-order valence-electron chi connectivity index (χ2n) is 7.97. The highest BCUT2D eigenvalue weighted by molar-refractivity contribution is 7.89. The number of carboxylic acids is 1. The molecule has 2 aliphatic rings. The van der Waals surface area contributed by atoms with Gasteiger partial charge in [-0.2, -0.15) is 4.31 Å². The smallest absolute Gasteiger partial charge is 0.307 e. The molecule has 1 unspecified atom stereocenters. The number of ether oxygens (including phenoxy) is 1. The third-order valence-corrected chi connectivity index (χ3v) is 7.88. The minimum Gasteiger partial charge on any atom is -0.495 e. The van der Waals surface area contributed by atoms with E-state index in [9.17, 15) is 13.2 Å². The number of rotatable bonds is 6. The van der Waals surface area contributed by atoms with Crippen molar-refractivity contribution >= 4 is 16.0 Å². The molecule has 8 heteroatoms. The van der Waals surface area contributed by atoms with Crippen LogP contribution in [0, 0.1) is 5.41 Å². The molecular weight excluding hydrogens is 380 g/mol. The number of piperidine rings is 2. The van der Waals surface area contributed by atoms with Gasteiger partial charge in [0.05, 0.1) is 13.5 Å². The van der Waals surface area contributed by atoms with Gasteiger partial charge in [-0.3, -0.25) is 4.79 Å². The number of carboxylic acid groups (broad SMARTS) is 1. The van der Waals surface area contributed by atoms with E-state index in [0.717, 1.165) is 45.3 Å². The number of hydrogen-bond donors (Lipinski definition) is 1. The van der Waals surface area contributed by atoms with Crippen molar-refractivity contribution in [3.63, 3.8) is 0 Å². The number of nitrogens with zero attached hydrogens (tertiary/aromatic N) is 2. The maximum absolute atomic E-state index is 13.5. The number of methoxy groups -OCH3 is 1. The normalized spacial score (nSPS) is 24.4. The summed E-state index contributed by atoms with van der Waals surface area (Å²) in [4.78, 5) is 13.5. The summed E-state index contributed by atoms with van der Waals surface area (Å²) >= 11 is 0. The van der Waals surface area contributed by atoms with E-state index in [1.54, 1.807) is 16.4 Å². The molecule has 1 aromatic carbocycles. The zero-order valence-electron chi connectivity index (χ0n) is 16.7. The third kappa shape index (κ3) is 4.34. The Morgan fingerprint density at radius 1 is 1.21 bits per heavy atom. The van der Waals surface area contributed by atoms with Gasteiger partial charge in [0, 0.05) is 19.6 Å². The lowest BCUT2D eigenvalue weighted by Crippen LogP contribution is -2.53. The standard InChI is InChI=1S/C20H30N2O5S/c1-3-21-10-4-8-20(14-21)9-5-11-22(15-20)28(25,26)18-12-16(13-19(23)24)6-7-17(18)27-2/h6-7,12H,3-5,8-11,13-15H2,1-2H3,(H,23,24). The Kier molecular flexibility index (Phi) is 6.31. The molecule has 2 aliphatic heterocycles. The maximum Gasteiger partial charge on any atom is 0.307 e. The van der Waals surface area contributed by atoms with E-state index in [1.165, 1.54) is 13.2 Å². The van der Waals surface area contributed by atoms with Gasteiger partial charge in [-0.15, -0.1) is 0 Å². The molecule has 2 saturated heterocycles. The molecule has 0 amide bonds. The first-order valence-electron chi connectivity index (χ1n) is 9.91. The van der Waals surface area contributed by atoms with Crippen LogP contribution in [0.2, 0.25) is 0 Å². The molecule has 2 heterocycles. The van der Waals surface area contributed by atoms with Crippen molar-refractivity contribution in [2.75, 3.05) is 39.8 Å². The number of aliphatic carboxylic acids is 1. The van der Waals surface area contributed by atoms with Gasteiger partial charge in [0.25, 0.3) is 0 Å². The quantitative estimate of drug-likeness (QED) is 0.774. The van der Waals surface area contributed by atoms with Crippen LogP contribution >= 0.6 is 0 Å². The molecular formula is C20H30N2O5S. The van der Waals surface area contributed by atoms with Crippen LogP contribution in [-0.4, -0.2) is 68.5 Å². The van der Waals surface area contributed by atoms with E-state index in [-0.39, 0.29) is 22.5 Å². The average Bonchev–Trinajstić information content (AvgIpc) is 2.67. The molecule has 28 heavy (non-hydrogen) atoms. The molecule has 7 nitrogen and oxygen atoms in total. The van der Waals surface area contributed by atoms with Crippen LogP contribution in [0.1, 0.15) is 38.2 Å². The Labute approximate surface area is 167 Å². The molecule has 0 radical (unpaired) electrons. The second kappa shape index (κ2) is 8.39. The number of benzene rings is 1. The van der Waals surface area contributed by atoms with E-state index >= 15 is 0 Å². The van der Waals surface area contributed by atoms with Crippen molar-refractivity contribution in [1.29, 1.82) is 0 Å². The average molecular weight is 411 g/mol. The fraction of sp³-hybridized carbons (Fsp3) is 0.650. The summed E-state index contributed by atoms with van der Waals surface area (Å²) in [5, 5.41) is 9.05. The molecule has 1 N–H and O–H groups in total. The van der Waals surface area contributed by atoms with Crippen molar-refractivity contribution in [3.8, 4) is 5.75 Å². The number of likely N-dealkylation sites (tertiary alicyclic amines) is 1. The molecule has 156 valence electrons. The lowest BCUT2D eigenvalue weighted by atomic mass is 9.74. The molecule has 1 spiro atoms. The van der Waals surface area contributed by atoms with Gasteiger partial charge in [0.2, 0.25) is 10.0 Å². The van der Waals surface area contributed by atoms with Crippen LogP contribution in [0.15, 0.2) is 23.1 Å². The van der Waals surface area contributed by atoms with Gasteiger partial charge in [-0.25, -0.2) is 8.42 Å². The molecule has 0 aliphatic carbocycles. The lowest BCUT2D eigenvalue weighted by Gasteiger charge is -2.48. The molecule has 2 fully saturated rings. The highest BCUT2D eigenvalue weighted by Gasteiger charge is 2.43. The van der Waals surface area contributed by atoms with Crippen molar-refractivity contribution in [2.24, 2.45) is 5.41 Å². The fourth-order valence-corrected chi connectivity index (χ4v) is 6.42. The highest BCUT2D eigenvalue weighted by atomic mass is 32.2. The van der Waals surface area contributed by atoms with Gasteiger partial charge >= 0.3 is 5.97 Å². The molecule has 0 bridgehead atoms. The third-order valence-electron chi connectivity index (χ3n) is 6.02. The van der Waals surface area contributed by atoms with Gasteiger partial charge in [-0.1, -0.05) is 13.0 Å². The summed E-state index contributed by atoms with van der Waals surface area (Å²) < 4.78 is 33.8. The SMILES string of the molecule is CCN1CCCC2(CCCN(S(=O)(=O)c3cc(CC(=O)O)ccc3OC)C2)C1. The molecule has 0 aromatic heterocycles. The van der Waals surface area contributed by atoms with Crippen molar-refractivity contribution in [3.05, 3.63) is 23.8 Å². The van der Waals surface area contributed by atoms with Crippen LogP contribution in [0.4, 0.5) is 0 Å². The first-order chi connectivity index (χ1) is 13.3. The van der Waals surface area contributed by atoms with Crippen molar-refractivity contribution in [2.45, 2.75) is 43.9 Å². The van der Waals surface area contributed by atoms with Crippen molar-refractivity contribution in [1.82, 2.24) is 9.21 Å². The topological polar surface area (TPSA) is 87.2 Å². The zero-order chi connectivity index (χ0) is 20.4. The van der Waals surface area contributed by atoms with E-state index in [2.05, 4.69) is 11.8 Å². The zero-order valence-corrected chi connectivity index (χ0v) is 17.5. The number of sulfonamides is 1. The number of hydrogen-bond acceptors (Lipinski definition) is 5. The van der Waals surface area contributed by atoms with Gasteiger partial charge < -0.3 is 14.7 Å². The largest absolute Gasteiger partial charge is 0.495 e. The maximum atomic E-state index is 13.5. The second-order valence-corrected chi connectivity index (χ2v) is 9.88. The summed E-state index contributed by atoms with van der Waals surface area (Å²) in [6.45, 7) is 6.15. The van der Waals surface area contributed by atoms with Crippen molar-refractivity contribution < 1.29 is 23.1 Å². The first-order valence-corrected chi connectivity index (χ1v) is 11.3. The minimum absolute atomic E-state index is 0.00545. The van der Waals surface area contributed by atoms with Crippen LogP contribution in [0.5, 0.6) is 5.75 Å². The summed E-state index contributed by atoms with van der Waals surface area (Å²) in [5.41, 5.74) is 0.458. The van der Waals surface area contributed by atoms with Crippen LogP contribution < -0.4 is 4.74 Å². The first kappa shape index (κ1) is 21.1. The fourth-order valence-electron chi connectivity index (χ4n) is 4.63. The van der Waals surface area contributed by atoms with Gasteiger partial charge in [-0.05, 0) is 61.9 Å². The Bertz CT molecular complexity index is 822. The number of carbonyl (C=O) groups is 1. The van der Waals surface area contributed by atoms with Crippen LogP contribution in [-0.2, 0) is 21.2 Å². The minimum atomic E-state index is -3.77. The molecule has 0 saturated carbocycles. The molecule has 1 atom stereocenters. The van der Waals surface area contributed by atoms with E-state index < -0.39 is 16.0 Å². The van der Waals surface area contributed by atoms with Gasteiger partial charge in [0.15, 0.2) is 0 Å². The van der Waals surface area contributed by atoms with E-state index in [0.29, 0.717) is 18.7 Å². The van der Waals surface area contributed by atoms with Gasteiger partial charge in [0.1, 0.15) is 10.6 Å².